The van der Waals surface area contributed by atoms with Crippen molar-refractivity contribution in [2.75, 3.05) is 53.6 Å². The molecule has 0 aliphatic carbocycles. The topological polar surface area (TPSA) is 89.0 Å². The molecule has 1 fully saturated rings. The first-order valence-corrected chi connectivity index (χ1v) is 10.1. The minimum Gasteiger partial charge on any atom is -0.383 e. The summed E-state index contributed by atoms with van der Waals surface area (Å²) in [6, 6.07) is 3.14. The molecule has 1 aliphatic rings. The largest absolute Gasteiger partial charge is 0.383 e. The lowest BCUT2D eigenvalue weighted by atomic mass is 9.96. The molecule has 0 saturated carbocycles. The van der Waals surface area contributed by atoms with Crippen LogP contribution in [-0.4, -0.2) is 82.1 Å². The normalized spacial score (nSPS) is 16.5. The van der Waals surface area contributed by atoms with Crippen molar-refractivity contribution in [3.05, 3.63) is 24.5 Å². The Morgan fingerprint density at radius 1 is 1.23 bits per heavy atom. The van der Waals surface area contributed by atoms with Gasteiger partial charge in [0.2, 0.25) is 15.9 Å². The number of carbonyl (C=O) groups is 1. The zero-order chi connectivity index (χ0) is 19.0. The molecule has 9 heteroatoms. The number of nitrogens with zero attached hydrogens (tertiary/aromatic N) is 3. The lowest BCUT2D eigenvalue weighted by molar-refractivity contribution is -0.138. The third kappa shape index (κ3) is 5.23. The number of piperidine rings is 1. The van der Waals surface area contributed by atoms with Gasteiger partial charge in [-0.3, -0.25) is 9.78 Å². The van der Waals surface area contributed by atoms with Crippen LogP contribution in [0.5, 0.6) is 0 Å². The molecule has 0 unspecified atom stereocenters. The van der Waals surface area contributed by atoms with Gasteiger partial charge < -0.3 is 14.4 Å². The number of carbonyl (C=O) groups excluding carboxylic acids is 1. The van der Waals surface area contributed by atoms with Crippen LogP contribution < -0.4 is 0 Å². The molecule has 0 spiro atoms. The predicted octanol–water partition coefficient (Wildman–Crippen LogP) is 0.604. The maximum absolute atomic E-state index is 12.8. The number of amides is 1. The van der Waals surface area contributed by atoms with Crippen molar-refractivity contribution in [1.82, 2.24) is 14.2 Å². The van der Waals surface area contributed by atoms with Gasteiger partial charge in [-0.2, -0.15) is 4.31 Å². The van der Waals surface area contributed by atoms with Crippen LogP contribution in [0.2, 0.25) is 0 Å². The second-order valence-corrected chi connectivity index (χ2v) is 8.12. The monoisotopic (exact) mass is 385 g/mol. The molecule has 0 radical (unpaired) electrons. The third-order valence-corrected chi connectivity index (χ3v) is 6.40. The second kappa shape index (κ2) is 9.96. The van der Waals surface area contributed by atoms with E-state index in [2.05, 4.69) is 4.98 Å². The molecule has 1 aliphatic heterocycles. The number of hydrogen-bond acceptors (Lipinski definition) is 6. The maximum atomic E-state index is 12.8. The second-order valence-electron chi connectivity index (χ2n) is 6.18. The van der Waals surface area contributed by atoms with Crippen LogP contribution in [-0.2, 0) is 24.3 Å². The van der Waals surface area contributed by atoms with Gasteiger partial charge in [0.05, 0.1) is 13.2 Å². The number of pyridine rings is 1. The van der Waals surface area contributed by atoms with Gasteiger partial charge >= 0.3 is 0 Å². The molecule has 0 bridgehead atoms. The molecule has 26 heavy (non-hydrogen) atoms. The average Bonchev–Trinajstić information content (AvgIpc) is 2.68. The van der Waals surface area contributed by atoms with Crippen molar-refractivity contribution >= 4 is 15.9 Å². The van der Waals surface area contributed by atoms with E-state index in [1.807, 2.05) is 0 Å². The van der Waals surface area contributed by atoms with Gasteiger partial charge in [-0.05, 0) is 25.0 Å². The predicted molar refractivity (Wildman–Crippen MR) is 96.1 cm³/mol. The fourth-order valence-corrected chi connectivity index (χ4v) is 4.42. The number of ether oxygens (including phenoxy) is 2. The van der Waals surface area contributed by atoms with Crippen molar-refractivity contribution in [2.24, 2.45) is 5.92 Å². The van der Waals surface area contributed by atoms with Gasteiger partial charge in [0.15, 0.2) is 0 Å². The summed E-state index contributed by atoms with van der Waals surface area (Å²) in [5.41, 5.74) is 0. The minimum atomic E-state index is -3.55. The van der Waals surface area contributed by atoms with Gasteiger partial charge in [0, 0.05) is 58.7 Å². The lowest BCUT2D eigenvalue weighted by Gasteiger charge is -2.33. The Hall–Kier alpha value is -1.55. The Labute approximate surface area is 155 Å². The lowest BCUT2D eigenvalue weighted by Crippen LogP contribution is -2.46. The van der Waals surface area contributed by atoms with Crippen molar-refractivity contribution < 1.29 is 22.7 Å². The molecule has 1 aromatic heterocycles. The highest BCUT2D eigenvalue weighted by atomic mass is 32.2. The molecular formula is C17H27N3O5S. The molecule has 1 saturated heterocycles. The molecule has 1 amide bonds. The summed E-state index contributed by atoms with van der Waals surface area (Å²) in [4.78, 5) is 18.6. The summed E-state index contributed by atoms with van der Waals surface area (Å²) < 4.78 is 36.9. The van der Waals surface area contributed by atoms with E-state index in [4.69, 9.17) is 9.47 Å². The van der Waals surface area contributed by atoms with Gasteiger partial charge in [-0.25, -0.2) is 8.42 Å². The summed E-state index contributed by atoms with van der Waals surface area (Å²) in [6.07, 6.45) is 3.91. The molecular weight excluding hydrogens is 358 g/mol. The van der Waals surface area contributed by atoms with Crippen molar-refractivity contribution in [1.29, 1.82) is 0 Å². The van der Waals surface area contributed by atoms with Crippen molar-refractivity contribution in [3.63, 3.8) is 0 Å². The van der Waals surface area contributed by atoms with Crippen LogP contribution in [0.4, 0.5) is 0 Å². The molecule has 8 nitrogen and oxygen atoms in total. The molecule has 0 N–H and O–H groups in total. The Bertz CT molecular complexity index is 652. The Kier molecular flexibility index (Phi) is 7.95. The number of methoxy groups -OCH3 is 2. The van der Waals surface area contributed by atoms with Gasteiger partial charge in [0.25, 0.3) is 0 Å². The van der Waals surface area contributed by atoms with Gasteiger partial charge in [0.1, 0.15) is 4.90 Å². The van der Waals surface area contributed by atoms with Crippen molar-refractivity contribution in [2.45, 2.75) is 17.7 Å². The fourth-order valence-electron chi connectivity index (χ4n) is 2.99. The van der Waals surface area contributed by atoms with Crippen molar-refractivity contribution in [3.8, 4) is 0 Å². The highest BCUT2D eigenvalue weighted by Crippen LogP contribution is 2.24. The van der Waals surface area contributed by atoms with E-state index in [-0.39, 0.29) is 16.7 Å². The summed E-state index contributed by atoms with van der Waals surface area (Å²) >= 11 is 0. The van der Waals surface area contributed by atoms with E-state index in [9.17, 15) is 13.2 Å². The zero-order valence-corrected chi connectivity index (χ0v) is 16.2. The standard InChI is InChI=1S/C17H27N3O5S/c1-24-12-10-19(11-13-25-2)17(21)15-5-8-20(9-6-15)26(22,23)16-4-3-7-18-14-16/h3-4,7,14-15H,5-6,8-13H2,1-2H3. The summed E-state index contributed by atoms with van der Waals surface area (Å²) in [7, 11) is -0.358. The molecule has 2 rings (SSSR count). The van der Waals surface area contributed by atoms with Crippen LogP contribution in [0.15, 0.2) is 29.4 Å². The van der Waals surface area contributed by atoms with E-state index in [1.54, 1.807) is 31.4 Å². The van der Waals surface area contributed by atoms with Crippen LogP contribution >= 0.6 is 0 Å². The van der Waals surface area contributed by atoms with E-state index in [1.165, 1.54) is 16.6 Å². The maximum Gasteiger partial charge on any atom is 0.244 e. The van der Waals surface area contributed by atoms with E-state index in [0.29, 0.717) is 52.2 Å². The molecule has 2 heterocycles. The third-order valence-electron chi connectivity index (χ3n) is 4.52. The smallest absolute Gasteiger partial charge is 0.244 e. The molecule has 146 valence electrons. The van der Waals surface area contributed by atoms with Gasteiger partial charge in [-0.15, -0.1) is 0 Å². The first-order chi connectivity index (χ1) is 12.5. The molecule has 0 atom stereocenters. The van der Waals surface area contributed by atoms with Gasteiger partial charge in [-0.1, -0.05) is 0 Å². The first-order valence-electron chi connectivity index (χ1n) is 8.67. The number of aromatic nitrogens is 1. The number of sulfonamides is 1. The average molecular weight is 385 g/mol. The Balaban J connectivity index is 1.96. The van der Waals surface area contributed by atoms with Crippen LogP contribution in [0.25, 0.3) is 0 Å². The van der Waals surface area contributed by atoms with E-state index >= 15 is 0 Å². The number of hydrogen-bond donors (Lipinski definition) is 0. The summed E-state index contributed by atoms with van der Waals surface area (Å²) in [5.74, 6) is -0.137. The summed E-state index contributed by atoms with van der Waals surface area (Å²) in [6.45, 7) is 2.60. The van der Waals surface area contributed by atoms with Crippen LogP contribution in [0.3, 0.4) is 0 Å². The van der Waals surface area contributed by atoms with E-state index < -0.39 is 10.0 Å². The van der Waals surface area contributed by atoms with E-state index in [0.717, 1.165) is 0 Å². The van der Waals surface area contributed by atoms with Crippen LogP contribution in [0.1, 0.15) is 12.8 Å². The highest BCUT2D eigenvalue weighted by Gasteiger charge is 2.33. The van der Waals surface area contributed by atoms with Crippen LogP contribution in [0, 0.1) is 5.92 Å². The number of rotatable bonds is 9. The zero-order valence-electron chi connectivity index (χ0n) is 15.3. The summed E-state index contributed by atoms with van der Waals surface area (Å²) in [5, 5.41) is 0. The quantitative estimate of drug-likeness (QED) is 0.619. The minimum absolute atomic E-state index is 0.0394. The SMILES string of the molecule is COCCN(CCOC)C(=O)C1CCN(S(=O)(=O)c2cccnc2)CC1. The highest BCUT2D eigenvalue weighted by molar-refractivity contribution is 7.89. The fraction of sp³-hybridized carbons (Fsp3) is 0.647. The molecule has 0 aromatic carbocycles. The Morgan fingerprint density at radius 2 is 1.85 bits per heavy atom. The molecule has 1 aromatic rings. The first kappa shape index (κ1) is 20.8. The Morgan fingerprint density at radius 3 is 2.35 bits per heavy atom.